The molecule has 0 radical (unpaired) electrons. The van der Waals surface area contributed by atoms with E-state index in [1.54, 1.807) is 30.5 Å². The summed E-state index contributed by atoms with van der Waals surface area (Å²) >= 11 is 0. The molecule has 0 fully saturated rings. The minimum absolute atomic E-state index is 0.222. The van der Waals surface area contributed by atoms with Crippen molar-refractivity contribution >= 4 is 10.1 Å². The van der Waals surface area contributed by atoms with E-state index in [0.717, 1.165) is 44.1 Å². The fourth-order valence-corrected chi connectivity index (χ4v) is 3.46. The van der Waals surface area contributed by atoms with Crippen LogP contribution in [0.5, 0.6) is 0 Å². The highest BCUT2D eigenvalue weighted by molar-refractivity contribution is 7.86. The minimum Gasteiger partial charge on any atom is -0.266 e. The molecule has 0 N–H and O–H groups in total. The van der Waals surface area contributed by atoms with Gasteiger partial charge in [-0.3, -0.25) is 9.17 Å². The summed E-state index contributed by atoms with van der Waals surface area (Å²) in [5.41, 5.74) is 2.28. The summed E-state index contributed by atoms with van der Waals surface area (Å²) in [5, 5.41) is 0. The average Bonchev–Trinajstić information content (AvgIpc) is 2.64. The molecule has 0 aliphatic rings. The van der Waals surface area contributed by atoms with Gasteiger partial charge in [-0.25, -0.2) is 0 Å². The van der Waals surface area contributed by atoms with Gasteiger partial charge in [-0.05, 0) is 62.8 Å². The first-order valence-electron chi connectivity index (χ1n) is 9.08. The number of benzene rings is 1. The maximum absolute atomic E-state index is 12.0. The lowest BCUT2D eigenvalue weighted by Gasteiger charge is -2.05. The number of hydrogen-bond donors (Lipinski definition) is 0. The lowest BCUT2D eigenvalue weighted by atomic mass is 10.1. The molecule has 0 saturated heterocycles. The molecular formula is C21H27NO3S. The number of aryl methyl sites for hydroxylation is 2. The summed E-state index contributed by atoms with van der Waals surface area (Å²) in [7, 11) is -3.63. The van der Waals surface area contributed by atoms with Gasteiger partial charge < -0.3 is 0 Å². The Kier molecular flexibility index (Phi) is 8.51. The second kappa shape index (κ2) is 10.9. The van der Waals surface area contributed by atoms with Crippen molar-refractivity contribution in [1.82, 2.24) is 4.98 Å². The molecule has 0 bridgehead atoms. The van der Waals surface area contributed by atoms with Crippen LogP contribution in [0.15, 0.2) is 65.8 Å². The number of nitrogens with zero attached hydrogens (tertiary/aromatic N) is 1. The van der Waals surface area contributed by atoms with Crippen LogP contribution in [-0.4, -0.2) is 20.0 Å². The Morgan fingerprint density at radius 3 is 2.50 bits per heavy atom. The zero-order chi connectivity index (χ0) is 18.7. The summed E-state index contributed by atoms with van der Waals surface area (Å²) in [6.45, 7) is 2.16. The van der Waals surface area contributed by atoms with Crippen molar-refractivity contribution in [2.75, 3.05) is 6.61 Å². The molecule has 0 unspecified atom stereocenters. The predicted molar refractivity (Wildman–Crippen MR) is 104 cm³/mol. The molecule has 0 atom stereocenters. The fourth-order valence-electron chi connectivity index (χ4n) is 2.51. The summed E-state index contributed by atoms with van der Waals surface area (Å²) in [4.78, 5) is 4.33. The first-order chi connectivity index (χ1) is 12.6. The van der Waals surface area contributed by atoms with Crippen LogP contribution in [0.1, 0.15) is 43.2 Å². The molecule has 1 aromatic heterocycles. The Bertz CT molecular complexity index is 769. The maximum Gasteiger partial charge on any atom is 0.296 e. The molecule has 1 aromatic carbocycles. The zero-order valence-electron chi connectivity index (χ0n) is 15.3. The Morgan fingerprint density at radius 1 is 1.00 bits per heavy atom. The van der Waals surface area contributed by atoms with Crippen molar-refractivity contribution in [3.63, 3.8) is 0 Å². The number of hydrogen-bond acceptors (Lipinski definition) is 4. The highest BCUT2D eigenvalue weighted by Gasteiger charge is 2.14. The second-order valence-electron chi connectivity index (χ2n) is 6.31. The highest BCUT2D eigenvalue weighted by Crippen LogP contribution is 2.14. The molecule has 5 heteroatoms. The Labute approximate surface area is 157 Å². The van der Waals surface area contributed by atoms with Crippen LogP contribution in [0.3, 0.4) is 0 Å². The highest BCUT2D eigenvalue weighted by atomic mass is 32.2. The third kappa shape index (κ3) is 7.50. The third-order valence-electron chi connectivity index (χ3n) is 4.05. The van der Waals surface area contributed by atoms with Crippen molar-refractivity contribution in [1.29, 1.82) is 0 Å². The van der Waals surface area contributed by atoms with Crippen LogP contribution in [0.4, 0.5) is 0 Å². The minimum atomic E-state index is -3.63. The van der Waals surface area contributed by atoms with Gasteiger partial charge in [-0.2, -0.15) is 8.42 Å². The third-order valence-corrected chi connectivity index (χ3v) is 5.38. The molecule has 4 nitrogen and oxygen atoms in total. The zero-order valence-corrected chi connectivity index (χ0v) is 16.1. The number of aromatic nitrogens is 1. The fraction of sp³-hybridized carbons (Fsp3) is 0.381. The summed E-state index contributed by atoms with van der Waals surface area (Å²) in [6.07, 6.45) is 13.9. The Hall–Kier alpha value is -1.98. The molecule has 0 saturated carbocycles. The number of rotatable bonds is 11. The molecule has 0 spiro atoms. The molecule has 1 heterocycles. The topological polar surface area (TPSA) is 56.3 Å². The molecule has 140 valence electrons. The van der Waals surface area contributed by atoms with Gasteiger partial charge in [0.15, 0.2) is 0 Å². The number of unbranched alkanes of at least 4 members (excludes halogenated alkanes) is 3. The van der Waals surface area contributed by atoms with Gasteiger partial charge in [-0.15, -0.1) is 0 Å². The number of allylic oxidation sites excluding steroid dienone is 2. The Morgan fingerprint density at radius 2 is 1.77 bits per heavy atom. The first-order valence-corrected chi connectivity index (χ1v) is 10.5. The van der Waals surface area contributed by atoms with E-state index in [4.69, 9.17) is 4.18 Å². The van der Waals surface area contributed by atoms with E-state index in [-0.39, 0.29) is 11.5 Å². The quantitative estimate of drug-likeness (QED) is 0.321. The van der Waals surface area contributed by atoms with Gasteiger partial charge in [0.2, 0.25) is 0 Å². The molecule has 0 aliphatic heterocycles. The van der Waals surface area contributed by atoms with Crippen LogP contribution in [0, 0.1) is 6.92 Å². The van der Waals surface area contributed by atoms with Crippen LogP contribution in [0.2, 0.25) is 0 Å². The molecule has 0 amide bonds. The van der Waals surface area contributed by atoms with Crippen molar-refractivity contribution in [3.05, 3.63) is 72.1 Å². The largest absolute Gasteiger partial charge is 0.296 e. The van der Waals surface area contributed by atoms with Gasteiger partial charge in [0.25, 0.3) is 10.1 Å². The van der Waals surface area contributed by atoms with Gasteiger partial charge in [0, 0.05) is 12.4 Å². The van der Waals surface area contributed by atoms with E-state index in [1.165, 1.54) is 5.56 Å². The number of pyridine rings is 1. The molecule has 2 rings (SSSR count). The van der Waals surface area contributed by atoms with E-state index >= 15 is 0 Å². The Balaban J connectivity index is 1.53. The lowest BCUT2D eigenvalue weighted by Crippen LogP contribution is -2.07. The van der Waals surface area contributed by atoms with Crippen LogP contribution >= 0.6 is 0 Å². The van der Waals surface area contributed by atoms with E-state index in [9.17, 15) is 8.42 Å². The van der Waals surface area contributed by atoms with Crippen LogP contribution in [0.25, 0.3) is 0 Å². The molecule has 26 heavy (non-hydrogen) atoms. The molecule has 2 aromatic rings. The van der Waals surface area contributed by atoms with Gasteiger partial charge >= 0.3 is 0 Å². The lowest BCUT2D eigenvalue weighted by molar-refractivity contribution is 0.307. The van der Waals surface area contributed by atoms with E-state index in [0.29, 0.717) is 0 Å². The summed E-state index contributed by atoms with van der Waals surface area (Å²) in [6, 6.07) is 10.8. The van der Waals surface area contributed by atoms with Crippen molar-refractivity contribution in [2.24, 2.45) is 0 Å². The van der Waals surface area contributed by atoms with Gasteiger partial charge in [0.05, 0.1) is 11.5 Å². The normalized spacial score (nSPS) is 11.9. The average molecular weight is 374 g/mol. The smallest absolute Gasteiger partial charge is 0.266 e. The SMILES string of the molecule is Cc1ccc(S(=O)(=O)OCCCCC/C=C\CCc2cccnc2)cc1. The van der Waals surface area contributed by atoms with Crippen LogP contribution < -0.4 is 0 Å². The first kappa shape index (κ1) is 20.3. The van der Waals surface area contributed by atoms with E-state index in [2.05, 4.69) is 23.2 Å². The van der Waals surface area contributed by atoms with E-state index in [1.807, 2.05) is 19.2 Å². The van der Waals surface area contributed by atoms with Crippen molar-refractivity contribution in [2.45, 2.75) is 50.3 Å². The van der Waals surface area contributed by atoms with Gasteiger partial charge in [-0.1, -0.05) is 42.3 Å². The van der Waals surface area contributed by atoms with Crippen molar-refractivity contribution in [3.8, 4) is 0 Å². The van der Waals surface area contributed by atoms with Gasteiger partial charge in [0.1, 0.15) is 0 Å². The monoisotopic (exact) mass is 373 g/mol. The standard InChI is InChI=1S/C21H27NO3S/c1-19-12-14-21(15-13-19)26(23,24)25-17-8-6-4-2-3-5-7-10-20-11-9-16-22-18-20/h3,5,9,11-16,18H,2,4,6-8,10,17H2,1H3/b5-3-. The maximum atomic E-state index is 12.0. The summed E-state index contributed by atoms with van der Waals surface area (Å²) < 4.78 is 29.2. The van der Waals surface area contributed by atoms with Crippen molar-refractivity contribution < 1.29 is 12.6 Å². The van der Waals surface area contributed by atoms with Crippen LogP contribution in [-0.2, 0) is 20.7 Å². The second-order valence-corrected chi connectivity index (χ2v) is 7.93. The molecular weight excluding hydrogens is 346 g/mol. The molecule has 0 aliphatic carbocycles. The predicted octanol–water partition coefficient (Wildman–Crippen LogP) is 4.84. The summed E-state index contributed by atoms with van der Waals surface area (Å²) in [5.74, 6) is 0. The van der Waals surface area contributed by atoms with E-state index < -0.39 is 10.1 Å².